The first kappa shape index (κ1) is 11.2. The van der Waals surface area contributed by atoms with Gasteiger partial charge in [-0.1, -0.05) is 6.07 Å². The molecule has 5 heteroatoms. The quantitative estimate of drug-likeness (QED) is 0.886. The van der Waals surface area contributed by atoms with Gasteiger partial charge in [-0.3, -0.25) is 4.68 Å². The molecule has 0 aromatic carbocycles. The van der Waals surface area contributed by atoms with Crippen molar-refractivity contribution in [2.75, 3.05) is 5.73 Å². The van der Waals surface area contributed by atoms with Crippen LogP contribution in [0.2, 0.25) is 0 Å². The number of anilines is 1. The number of nitrogen functional groups attached to an aromatic ring is 1. The Morgan fingerprint density at radius 1 is 1.50 bits per heavy atom. The van der Waals surface area contributed by atoms with Gasteiger partial charge in [-0.2, -0.15) is 5.10 Å². The van der Waals surface area contributed by atoms with Gasteiger partial charge in [0.25, 0.3) is 0 Å². The number of aryl methyl sites for hydroxylation is 2. The largest absolute Gasteiger partial charge is 0.384 e. The number of thiophene rings is 1. The predicted octanol–water partition coefficient (Wildman–Crippen LogP) is 2.09. The first-order chi connectivity index (χ1) is 7.68. The molecule has 0 aliphatic carbocycles. The Hall–Kier alpha value is -1.33. The molecule has 2 aromatic rings. The maximum Gasteiger partial charge on any atom is 0.127 e. The highest BCUT2D eigenvalue weighted by atomic mass is 32.1. The van der Waals surface area contributed by atoms with E-state index in [-0.39, 0.29) is 0 Å². The van der Waals surface area contributed by atoms with Crippen LogP contribution in [0.25, 0.3) is 0 Å². The molecule has 0 spiro atoms. The zero-order valence-electron chi connectivity index (χ0n) is 9.43. The maximum atomic E-state index is 5.89. The summed E-state index contributed by atoms with van der Waals surface area (Å²) < 4.78 is 7.30. The molecule has 4 nitrogen and oxygen atoms in total. The third kappa shape index (κ3) is 2.25. The lowest BCUT2D eigenvalue weighted by Crippen LogP contribution is -2.01. The summed E-state index contributed by atoms with van der Waals surface area (Å²) in [5.74, 6) is 0.684. The van der Waals surface area contributed by atoms with E-state index in [0.29, 0.717) is 19.0 Å². The minimum absolute atomic E-state index is 0.517. The van der Waals surface area contributed by atoms with E-state index in [1.54, 1.807) is 16.0 Å². The summed E-state index contributed by atoms with van der Waals surface area (Å²) in [5.41, 5.74) is 7.81. The second kappa shape index (κ2) is 4.67. The Bertz CT molecular complexity index is 462. The Morgan fingerprint density at radius 2 is 2.31 bits per heavy atom. The molecule has 0 unspecified atom stereocenters. The van der Waals surface area contributed by atoms with Gasteiger partial charge in [0, 0.05) is 17.5 Å². The summed E-state index contributed by atoms with van der Waals surface area (Å²) in [7, 11) is 1.84. The van der Waals surface area contributed by atoms with Crippen molar-refractivity contribution in [2.24, 2.45) is 7.05 Å². The second-order valence-electron chi connectivity index (χ2n) is 3.64. The molecule has 0 aliphatic rings. The topological polar surface area (TPSA) is 53.1 Å². The van der Waals surface area contributed by atoms with Crippen molar-refractivity contribution in [2.45, 2.75) is 20.1 Å². The van der Waals surface area contributed by atoms with Crippen LogP contribution >= 0.6 is 11.3 Å². The molecule has 0 atom stereocenters. The number of aromatic nitrogens is 2. The third-order valence-corrected chi connectivity index (χ3v) is 3.32. The van der Waals surface area contributed by atoms with Crippen LogP contribution in [0.1, 0.15) is 16.1 Å². The van der Waals surface area contributed by atoms with Gasteiger partial charge in [-0.05, 0) is 18.4 Å². The lowest BCUT2D eigenvalue weighted by Gasteiger charge is -2.03. The highest BCUT2D eigenvalue weighted by Crippen LogP contribution is 2.17. The van der Waals surface area contributed by atoms with E-state index in [9.17, 15) is 0 Å². The van der Waals surface area contributed by atoms with Gasteiger partial charge in [-0.15, -0.1) is 11.3 Å². The van der Waals surface area contributed by atoms with E-state index >= 15 is 0 Å². The highest BCUT2D eigenvalue weighted by Gasteiger charge is 2.09. The van der Waals surface area contributed by atoms with Crippen molar-refractivity contribution in [3.8, 4) is 0 Å². The predicted molar refractivity (Wildman–Crippen MR) is 65.2 cm³/mol. The highest BCUT2D eigenvalue weighted by molar-refractivity contribution is 7.09. The molecular weight excluding hydrogens is 222 g/mol. The monoisotopic (exact) mass is 237 g/mol. The molecule has 0 saturated carbocycles. The summed E-state index contributed by atoms with van der Waals surface area (Å²) in [6, 6.07) is 4.08. The average Bonchev–Trinajstić information content (AvgIpc) is 2.82. The van der Waals surface area contributed by atoms with Crippen LogP contribution in [0.15, 0.2) is 17.5 Å². The molecule has 0 radical (unpaired) electrons. The van der Waals surface area contributed by atoms with Crippen molar-refractivity contribution in [3.05, 3.63) is 33.6 Å². The molecule has 0 aliphatic heterocycles. The summed E-state index contributed by atoms with van der Waals surface area (Å²) >= 11 is 1.69. The molecule has 0 saturated heterocycles. The van der Waals surface area contributed by atoms with Crippen molar-refractivity contribution in [3.63, 3.8) is 0 Å². The van der Waals surface area contributed by atoms with E-state index in [2.05, 4.69) is 11.2 Å². The minimum atomic E-state index is 0.517. The lowest BCUT2D eigenvalue weighted by atomic mass is 10.2. The van der Waals surface area contributed by atoms with Gasteiger partial charge < -0.3 is 10.5 Å². The zero-order chi connectivity index (χ0) is 11.5. The van der Waals surface area contributed by atoms with Crippen LogP contribution in [0.5, 0.6) is 0 Å². The van der Waals surface area contributed by atoms with Crippen molar-refractivity contribution < 1.29 is 4.74 Å². The Labute approximate surface area is 98.6 Å². The first-order valence-electron chi connectivity index (χ1n) is 5.06. The fraction of sp³-hybridized carbons (Fsp3) is 0.364. The molecule has 2 rings (SSSR count). The molecule has 2 aromatic heterocycles. The molecule has 0 bridgehead atoms. The number of hydrogen-bond acceptors (Lipinski definition) is 4. The molecule has 2 heterocycles. The smallest absolute Gasteiger partial charge is 0.127 e. The van der Waals surface area contributed by atoms with Gasteiger partial charge in [0.2, 0.25) is 0 Å². The number of nitrogens with two attached hydrogens (primary N) is 1. The minimum Gasteiger partial charge on any atom is -0.384 e. The molecule has 16 heavy (non-hydrogen) atoms. The summed E-state index contributed by atoms with van der Waals surface area (Å²) in [6.07, 6.45) is 0. The molecule has 0 amide bonds. The van der Waals surface area contributed by atoms with E-state index in [1.807, 2.05) is 25.4 Å². The molecule has 86 valence electrons. The van der Waals surface area contributed by atoms with Crippen molar-refractivity contribution in [1.82, 2.24) is 9.78 Å². The van der Waals surface area contributed by atoms with E-state index in [0.717, 1.165) is 11.3 Å². The van der Waals surface area contributed by atoms with Crippen LogP contribution in [-0.2, 0) is 25.0 Å². The van der Waals surface area contributed by atoms with Gasteiger partial charge in [0.15, 0.2) is 0 Å². The zero-order valence-corrected chi connectivity index (χ0v) is 10.3. The van der Waals surface area contributed by atoms with Crippen LogP contribution in [-0.4, -0.2) is 9.78 Å². The fourth-order valence-electron chi connectivity index (χ4n) is 1.55. The van der Waals surface area contributed by atoms with Crippen LogP contribution < -0.4 is 5.73 Å². The molecule has 2 N–H and O–H groups in total. The van der Waals surface area contributed by atoms with Crippen LogP contribution in [0.4, 0.5) is 5.82 Å². The van der Waals surface area contributed by atoms with Gasteiger partial charge in [0.1, 0.15) is 5.82 Å². The number of rotatable bonds is 4. The third-order valence-electron chi connectivity index (χ3n) is 2.47. The van der Waals surface area contributed by atoms with Crippen molar-refractivity contribution in [1.29, 1.82) is 0 Å². The Morgan fingerprint density at radius 3 is 2.88 bits per heavy atom. The second-order valence-corrected chi connectivity index (χ2v) is 4.68. The van der Waals surface area contributed by atoms with E-state index in [1.165, 1.54) is 4.88 Å². The van der Waals surface area contributed by atoms with E-state index in [4.69, 9.17) is 10.5 Å². The van der Waals surface area contributed by atoms with Gasteiger partial charge in [-0.25, -0.2) is 0 Å². The normalized spacial score (nSPS) is 10.9. The SMILES string of the molecule is Cc1nn(C)c(N)c1COCc1cccs1. The van der Waals surface area contributed by atoms with Crippen molar-refractivity contribution >= 4 is 17.2 Å². The van der Waals surface area contributed by atoms with E-state index < -0.39 is 0 Å². The summed E-state index contributed by atoms with van der Waals surface area (Å²) in [4.78, 5) is 1.22. The Balaban J connectivity index is 1.95. The molecular formula is C11H15N3OS. The summed E-state index contributed by atoms with van der Waals surface area (Å²) in [5, 5.41) is 6.28. The van der Waals surface area contributed by atoms with Crippen LogP contribution in [0, 0.1) is 6.92 Å². The van der Waals surface area contributed by atoms with Gasteiger partial charge >= 0.3 is 0 Å². The lowest BCUT2D eigenvalue weighted by molar-refractivity contribution is 0.109. The van der Waals surface area contributed by atoms with Crippen LogP contribution in [0.3, 0.4) is 0 Å². The maximum absolute atomic E-state index is 5.89. The Kier molecular flexibility index (Phi) is 3.26. The first-order valence-corrected chi connectivity index (χ1v) is 5.94. The standard InChI is InChI=1S/C11H15N3OS/c1-8-10(11(12)14(2)13-8)7-15-6-9-4-3-5-16-9/h3-5H,6-7,12H2,1-2H3. The fourth-order valence-corrected chi connectivity index (χ4v) is 2.19. The number of ether oxygens (including phenoxy) is 1. The number of nitrogens with zero attached hydrogens (tertiary/aromatic N) is 2. The van der Waals surface area contributed by atoms with Gasteiger partial charge in [0.05, 0.1) is 18.9 Å². The summed E-state index contributed by atoms with van der Waals surface area (Å²) in [6.45, 7) is 3.09. The molecule has 0 fully saturated rings. The average molecular weight is 237 g/mol. The number of hydrogen-bond donors (Lipinski definition) is 1.